The van der Waals surface area contributed by atoms with Crippen LogP contribution in [0, 0.1) is 11.7 Å². The summed E-state index contributed by atoms with van der Waals surface area (Å²) in [5.41, 5.74) is 1.41. The molecule has 0 bridgehead atoms. The van der Waals surface area contributed by atoms with E-state index in [1.807, 2.05) is 30.3 Å². The van der Waals surface area contributed by atoms with Gasteiger partial charge in [-0.3, -0.25) is 14.4 Å². The van der Waals surface area contributed by atoms with E-state index in [4.69, 9.17) is 0 Å². The summed E-state index contributed by atoms with van der Waals surface area (Å²) in [6.07, 6.45) is 0.402. The molecule has 2 saturated heterocycles. The number of carbonyl (C=O) groups excluding carboxylic acids is 3. The van der Waals surface area contributed by atoms with E-state index >= 15 is 0 Å². The van der Waals surface area contributed by atoms with Gasteiger partial charge in [-0.1, -0.05) is 29.5 Å². The van der Waals surface area contributed by atoms with Crippen LogP contribution in [-0.2, 0) is 14.4 Å². The Bertz CT molecular complexity index is 1200. The fourth-order valence-electron chi connectivity index (χ4n) is 4.14. The van der Waals surface area contributed by atoms with Crippen LogP contribution < -0.4 is 15.1 Å². The number of para-hydroxylation sites is 1. The monoisotopic (exact) mass is 465 g/mol. The second kappa shape index (κ2) is 8.70. The number of carbonyl (C=O) groups is 3. The van der Waals surface area contributed by atoms with E-state index in [2.05, 4.69) is 15.5 Å². The Morgan fingerprint density at radius 2 is 1.58 bits per heavy atom. The normalized spacial score (nSPS) is 20.5. The fraction of sp³-hybridized carbons (Fsp3) is 0.261. The maximum atomic E-state index is 13.2. The average molecular weight is 466 g/mol. The first-order valence-corrected chi connectivity index (χ1v) is 11.3. The zero-order valence-electron chi connectivity index (χ0n) is 17.5. The van der Waals surface area contributed by atoms with E-state index < -0.39 is 5.92 Å². The molecule has 2 aliphatic heterocycles. The molecule has 2 fully saturated rings. The van der Waals surface area contributed by atoms with Crippen molar-refractivity contribution in [3.8, 4) is 0 Å². The van der Waals surface area contributed by atoms with Crippen molar-refractivity contribution in [2.24, 2.45) is 5.92 Å². The Labute approximate surface area is 193 Å². The van der Waals surface area contributed by atoms with Gasteiger partial charge in [-0.25, -0.2) is 4.39 Å². The molecule has 33 heavy (non-hydrogen) atoms. The predicted molar refractivity (Wildman–Crippen MR) is 122 cm³/mol. The van der Waals surface area contributed by atoms with Gasteiger partial charge in [0.2, 0.25) is 22.9 Å². The molecule has 1 aromatic heterocycles. The molecule has 0 radical (unpaired) electrons. The van der Waals surface area contributed by atoms with Gasteiger partial charge in [0.05, 0.1) is 5.92 Å². The zero-order valence-corrected chi connectivity index (χ0v) is 18.3. The minimum absolute atomic E-state index is 0.0253. The summed E-state index contributed by atoms with van der Waals surface area (Å²) in [4.78, 5) is 40.8. The van der Waals surface area contributed by atoms with Gasteiger partial charge in [0, 0.05) is 43.2 Å². The van der Waals surface area contributed by atoms with Gasteiger partial charge in [0.25, 0.3) is 0 Å². The number of amides is 3. The molecular formula is C23H20FN5O3S. The highest BCUT2D eigenvalue weighted by Crippen LogP contribution is 2.34. The summed E-state index contributed by atoms with van der Waals surface area (Å²) in [6, 6.07) is 15.1. The molecular weight excluding hydrogens is 445 g/mol. The smallest absolute Gasteiger partial charge is 0.231 e. The van der Waals surface area contributed by atoms with E-state index in [9.17, 15) is 18.8 Å². The Morgan fingerprint density at radius 1 is 0.909 bits per heavy atom. The van der Waals surface area contributed by atoms with Crippen LogP contribution in [0.1, 0.15) is 23.8 Å². The second-order valence-electron chi connectivity index (χ2n) is 8.06. The molecule has 0 aliphatic carbocycles. The molecule has 0 spiro atoms. The summed E-state index contributed by atoms with van der Waals surface area (Å²) in [5.74, 6) is -1.51. The Balaban J connectivity index is 1.21. The largest absolute Gasteiger partial charge is 0.312 e. The summed E-state index contributed by atoms with van der Waals surface area (Å²) in [5, 5.41) is 12.0. The number of nitrogens with one attached hydrogen (secondary N) is 1. The van der Waals surface area contributed by atoms with E-state index in [1.54, 1.807) is 4.90 Å². The van der Waals surface area contributed by atoms with Crippen molar-refractivity contribution in [1.82, 2.24) is 10.2 Å². The number of anilines is 3. The summed E-state index contributed by atoms with van der Waals surface area (Å²) < 4.78 is 13.2. The van der Waals surface area contributed by atoms with Crippen LogP contribution in [0.25, 0.3) is 0 Å². The van der Waals surface area contributed by atoms with Crippen molar-refractivity contribution in [2.75, 3.05) is 28.2 Å². The molecule has 10 heteroatoms. The molecule has 168 valence electrons. The van der Waals surface area contributed by atoms with Crippen molar-refractivity contribution in [3.63, 3.8) is 0 Å². The lowest BCUT2D eigenvalue weighted by molar-refractivity contribution is -0.122. The molecule has 2 aliphatic rings. The van der Waals surface area contributed by atoms with Gasteiger partial charge in [-0.15, -0.1) is 10.2 Å². The maximum Gasteiger partial charge on any atom is 0.231 e. The van der Waals surface area contributed by atoms with Gasteiger partial charge < -0.3 is 15.1 Å². The fourth-order valence-corrected chi connectivity index (χ4v) is 4.98. The number of hydrogen-bond donors (Lipinski definition) is 1. The summed E-state index contributed by atoms with van der Waals surface area (Å²) in [6.45, 7) is 0.723. The predicted octanol–water partition coefficient (Wildman–Crippen LogP) is 3.19. The van der Waals surface area contributed by atoms with E-state index in [0.29, 0.717) is 28.8 Å². The van der Waals surface area contributed by atoms with Crippen molar-refractivity contribution >= 4 is 45.6 Å². The third-order valence-electron chi connectivity index (χ3n) is 5.85. The van der Waals surface area contributed by atoms with Crippen LogP contribution in [-0.4, -0.2) is 41.0 Å². The van der Waals surface area contributed by atoms with Crippen LogP contribution in [0.3, 0.4) is 0 Å². The number of benzene rings is 2. The molecule has 2 atom stereocenters. The topological polar surface area (TPSA) is 95.5 Å². The van der Waals surface area contributed by atoms with Crippen LogP contribution in [0.2, 0.25) is 0 Å². The molecule has 3 aromatic rings. The number of aromatic nitrogens is 2. The second-order valence-corrected chi connectivity index (χ2v) is 9.07. The van der Waals surface area contributed by atoms with Crippen molar-refractivity contribution in [3.05, 3.63) is 65.4 Å². The maximum absolute atomic E-state index is 13.2. The quantitative estimate of drug-likeness (QED) is 0.625. The van der Waals surface area contributed by atoms with Crippen LogP contribution in [0.4, 0.5) is 20.9 Å². The molecule has 0 saturated carbocycles. The number of nitrogens with zero attached hydrogens (tertiary/aromatic N) is 4. The zero-order chi connectivity index (χ0) is 22.9. The lowest BCUT2D eigenvalue weighted by atomic mass is 10.1. The van der Waals surface area contributed by atoms with Crippen molar-refractivity contribution in [1.29, 1.82) is 0 Å². The number of hydrogen-bond acceptors (Lipinski definition) is 6. The van der Waals surface area contributed by atoms with Crippen LogP contribution >= 0.6 is 11.3 Å². The van der Waals surface area contributed by atoms with Crippen molar-refractivity contribution in [2.45, 2.75) is 18.8 Å². The van der Waals surface area contributed by atoms with Gasteiger partial charge in [-0.2, -0.15) is 0 Å². The van der Waals surface area contributed by atoms with Gasteiger partial charge in [0.15, 0.2) is 0 Å². The Hall–Kier alpha value is -3.66. The van der Waals surface area contributed by atoms with E-state index in [1.165, 1.54) is 40.5 Å². The number of halogens is 1. The van der Waals surface area contributed by atoms with Gasteiger partial charge >= 0.3 is 0 Å². The Kier molecular flexibility index (Phi) is 5.59. The molecule has 2 unspecified atom stereocenters. The third-order valence-corrected chi connectivity index (χ3v) is 6.85. The lowest BCUT2D eigenvalue weighted by Gasteiger charge is -2.16. The van der Waals surface area contributed by atoms with E-state index in [0.717, 1.165) is 5.69 Å². The molecule has 2 aromatic carbocycles. The van der Waals surface area contributed by atoms with Gasteiger partial charge in [0.1, 0.15) is 10.8 Å². The standard InChI is InChI=1S/C23H20FN5O3S/c24-16-6-8-18(9-7-16)28-12-14(10-19(28)30)21(32)25-23-27-26-22(33-23)15-11-20(31)29(13-15)17-4-2-1-3-5-17/h1-9,14-15H,10-13H2,(H,25,27,32). The third kappa shape index (κ3) is 4.34. The first-order valence-electron chi connectivity index (χ1n) is 10.5. The summed E-state index contributed by atoms with van der Waals surface area (Å²) in [7, 11) is 0. The molecule has 3 amide bonds. The minimum Gasteiger partial charge on any atom is -0.312 e. The first-order chi connectivity index (χ1) is 16.0. The van der Waals surface area contributed by atoms with Crippen molar-refractivity contribution < 1.29 is 18.8 Å². The number of rotatable bonds is 5. The van der Waals surface area contributed by atoms with E-state index in [-0.39, 0.29) is 42.4 Å². The highest BCUT2D eigenvalue weighted by Gasteiger charge is 2.36. The molecule has 8 nitrogen and oxygen atoms in total. The summed E-state index contributed by atoms with van der Waals surface area (Å²) >= 11 is 1.24. The SMILES string of the molecule is O=C(Nc1nnc(C2CC(=O)N(c3ccccc3)C2)s1)C1CC(=O)N(c2ccc(F)cc2)C1. The lowest BCUT2D eigenvalue weighted by Crippen LogP contribution is -2.28. The molecule has 3 heterocycles. The van der Waals surface area contributed by atoms with Gasteiger partial charge in [-0.05, 0) is 36.4 Å². The minimum atomic E-state index is -0.545. The Morgan fingerprint density at radius 3 is 2.33 bits per heavy atom. The molecule has 5 rings (SSSR count). The highest BCUT2D eigenvalue weighted by atomic mass is 32.1. The average Bonchev–Trinajstić information content (AvgIpc) is 3.53. The molecule has 1 N–H and O–H groups in total. The van der Waals surface area contributed by atoms with Crippen LogP contribution in [0.5, 0.6) is 0 Å². The highest BCUT2D eigenvalue weighted by molar-refractivity contribution is 7.15. The first kappa shape index (κ1) is 21.2. The van der Waals surface area contributed by atoms with Crippen LogP contribution in [0.15, 0.2) is 54.6 Å².